The van der Waals surface area contributed by atoms with E-state index < -0.39 is 0 Å². The molecule has 0 aliphatic carbocycles. The van der Waals surface area contributed by atoms with Crippen LogP contribution in [0.5, 0.6) is 0 Å². The van der Waals surface area contributed by atoms with Crippen LogP contribution < -0.4 is 10.6 Å². The predicted octanol–water partition coefficient (Wildman–Crippen LogP) is 2.39. The highest BCUT2D eigenvalue weighted by molar-refractivity contribution is 6.04. The van der Waals surface area contributed by atoms with Crippen molar-refractivity contribution in [1.82, 2.24) is 24.9 Å². The molecule has 9 heteroatoms. The molecule has 9 nitrogen and oxygen atoms in total. The molecule has 2 N–H and O–H groups in total. The maximum Gasteiger partial charge on any atom is 0.321 e. The Hall–Kier alpha value is -3.36. The van der Waals surface area contributed by atoms with E-state index in [9.17, 15) is 14.4 Å². The SMILES string of the molecule is Cc1cccc(NC(=O)N2CCC(NC(=O)c3cnn(C)c3)CC2)c1C(=O)N1CCCC1. The Morgan fingerprint density at radius 1 is 1.03 bits per heavy atom. The number of anilines is 1. The van der Waals surface area contributed by atoms with E-state index in [1.165, 1.54) is 0 Å². The van der Waals surface area contributed by atoms with Crippen molar-refractivity contribution in [3.05, 3.63) is 47.3 Å². The van der Waals surface area contributed by atoms with E-state index in [0.29, 0.717) is 42.7 Å². The average molecular weight is 439 g/mol. The molecule has 0 unspecified atom stereocenters. The molecular weight excluding hydrogens is 408 g/mol. The fourth-order valence-electron chi connectivity index (χ4n) is 4.36. The lowest BCUT2D eigenvalue weighted by Crippen LogP contribution is -2.47. The number of rotatable bonds is 4. The molecule has 2 aliphatic heterocycles. The van der Waals surface area contributed by atoms with Crippen LogP contribution in [0.25, 0.3) is 0 Å². The van der Waals surface area contributed by atoms with E-state index >= 15 is 0 Å². The Morgan fingerprint density at radius 3 is 2.41 bits per heavy atom. The number of benzene rings is 1. The van der Waals surface area contributed by atoms with Crippen LogP contribution in [0.2, 0.25) is 0 Å². The van der Waals surface area contributed by atoms with Gasteiger partial charge in [-0.3, -0.25) is 14.3 Å². The Morgan fingerprint density at radius 2 is 1.75 bits per heavy atom. The number of likely N-dealkylation sites (tertiary alicyclic amines) is 2. The van der Waals surface area contributed by atoms with Crippen molar-refractivity contribution in [3.63, 3.8) is 0 Å². The molecule has 0 radical (unpaired) electrons. The Labute approximate surface area is 187 Å². The average Bonchev–Trinajstić information content (AvgIpc) is 3.46. The van der Waals surface area contributed by atoms with Crippen molar-refractivity contribution < 1.29 is 14.4 Å². The summed E-state index contributed by atoms with van der Waals surface area (Å²) in [6.07, 6.45) is 6.61. The number of urea groups is 1. The highest BCUT2D eigenvalue weighted by Crippen LogP contribution is 2.24. The maximum atomic E-state index is 13.0. The highest BCUT2D eigenvalue weighted by atomic mass is 16.2. The summed E-state index contributed by atoms with van der Waals surface area (Å²) in [5.41, 5.74) is 2.51. The Balaban J connectivity index is 1.35. The van der Waals surface area contributed by atoms with Crippen LogP contribution in [0.1, 0.15) is 52.0 Å². The summed E-state index contributed by atoms with van der Waals surface area (Å²) in [6, 6.07) is 5.33. The van der Waals surface area contributed by atoms with Crippen LogP contribution in [-0.2, 0) is 7.05 Å². The van der Waals surface area contributed by atoms with Gasteiger partial charge in [-0.25, -0.2) is 4.79 Å². The molecule has 0 atom stereocenters. The minimum atomic E-state index is -0.219. The zero-order valence-corrected chi connectivity index (χ0v) is 18.6. The van der Waals surface area contributed by atoms with Gasteiger partial charge in [0.1, 0.15) is 0 Å². The molecular formula is C23H30N6O3. The monoisotopic (exact) mass is 438 g/mol. The van der Waals surface area contributed by atoms with E-state index in [2.05, 4.69) is 15.7 Å². The lowest BCUT2D eigenvalue weighted by Gasteiger charge is -2.32. The van der Waals surface area contributed by atoms with Crippen molar-refractivity contribution in [2.24, 2.45) is 7.05 Å². The zero-order valence-electron chi connectivity index (χ0n) is 18.6. The molecule has 3 heterocycles. The molecule has 4 rings (SSSR count). The van der Waals surface area contributed by atoms with Gasteiger partial charge >= 0.3 is 6.03 Å². The first-order chi connectivity index (χ1) is 15.4. The smallest absolute Gasteiger partial charge is 0.321 e. The van der Waals surface area contributed by atoms with E-state index in [0.717, 1.165) is 31.5 Å². The van der Waals surface area contributed by atoms with Gasteiger partial charge in [0.15, 0.2) is 0 Å². The lowest BCUT2D eigenvalue weighted by atomic mass is 10.0. The Bertz CT molecular complexity index is 1000. The number of carbonyl (C=O) groups excluding carboxylic acids is 3. The third-order valence-corrected chi connectivity index (χ3v) is 6.21. The number of aryl methyl sites for hydroxylation is 2. The topological polar surface area (TPSA) is 99.6 Å². The van der Waals surface area contributed by atoms with Gasteiger partial charge < -0.3 is 20.4 Å². The molecule has 2 aliphatic rings. The second-order valence-electron chi connectivity index (χ2n) is 8.56. The third kappa shape index (κ3) is 4.76. The van der Waals surface area contributed by atoms with Gasteiger partial charge in [0.25, 0.3) is 11.8 Å². The fourth-order valence-corrected chi connectivity index (χ4v) is 4.36. The first-order valence-electron chi connectivity index (χ1n) is 11.2. The molecule has 1 aromatic heterocycles. The number of nitrogens with zero attached hydrogens (tertiary/aromatic N) is 4. The number of piperidine rings is 1. The molecule has 0 spiro atoms. The van der Waals surface area contributed by atoms with Crippen LogP contribution in [-0.4, -0.2) is 69.6 Å². The van der Waals surface area contributed by atoms with Gasteiger partial charge in [-0.05, 0) is 44.2 Å². The molecule has 170 valence electrons. The standard InChI is InChI=1S/C23H30N6O3/c1-16-6-5-7-19(20(16)22(31)28-10-3-4-11-28)26-23(32)29-12-8-18(9-13-29)25-21(30)17-14-24-27(2)15-17/h5-7,14-15,18H,3-4,8-13H2,1-2H3,(H,25,30)(H,26,32). The minimum Gasteiger partial charge on any atom is -0.349 e. The number of carbonyl (C=O) groups is 3. The molecule has 2 aromatic rings. The van der Waals surface area contributed by atoms with Gasteiger partial charge in [0, 0.05) is 45.5 Å². The Kier molecular flexibility index (Phi) is 6.43. The normalized spacial score (nSPS) is 16.8. The van der Waals surface area contributed by atoms with Crippen molar-refractivity contribution in [2.75, 3.05) is 31.5 Å². The second kappa shape index (κ2) is 9.42. The van der Waals surface area contributed by atoms with Crippen molar-refractivity contribution in [1.29, 1.82) is 0 Å². The number of amides is 4. The molecule has 4 amide bonds. The van der Waals surface area contributed by atoms with Crippen molar-refractivity contribution in [3.8, 4) is 0 Å². The summed E-state index contributed by atoms with van der Waals surface area (Å²) in [5.74, 6) is -0.168. The van der Waals surface area contributed by atoms with Crippen LogP contribution in [0, 0.1) is 6.92 Å². The quantitative estimate of drug-likeness (QED) is 0.766. The molecule has 2 fully saturated rings. The van der Waals surface area contributed by atoms with E-state index in [1.54, 1.807) is 35.1 Å². The summed E-state index contributed by atoms with van der Waals surface area (Å²) in [4.78, 5) is 41.9. The van der Waals surface area contributed by atoms with Crippen LogP contribution in [0.15, 0.2) is 30.6 Å². The van der Waals surface area contributed by atoms with Gasteiger partial charge in [0.2, 0.25) is 0 Å². The minimum absolute atomic E-state index is 0.0121. The van der Waals surface area contributed by atoms with Crippen molar-refractivity contribution >= 4 is 23.5 Å². The zero-order chi connectivity index (χ0) is 22.7. The summed E-state index contributed by atoms with van der Waals surface area (Å²) in [5, 5.41) is 9.99. The van der Waals surface area contributed by atoms with Gasteiger partial charge in [0.05, 0.1) is 23.0 Å². The molecule has 2 saturated heterocycles. The highest BCUT2D eigenvalue weighted by Gasteiger charge is 2.27. The number of nitrogens with one attached hydrogen (secondary N) is 2. The molecule has 0 saturated carbocycles. The lowest BCUT2D eigenvalue weighted by molar-refractivity contribution is 0.0792. The largest absolute Gasteiger partial charge is 0.349 e. The second-order valence-corrected chi connectivity index (χ2v) is 8.56. The molecule has 1 aromatic carbocycles. The van der Waals surface area contributed by atoms with E-state index in [-0.39, 0.29) is 23.9 Å². The van der Waals surface area contributed by atoms with Crippen molar-refractivity contribution in [2.45, 2.75) is 38.6 Å². The number of aromatic nitrogens is 2. The summed E-state index contributed by atoms with van der Waals surface area (Å²) in [6.45, 7) is 4.49. The van der Waals surface area contributed by atoms with E-state index in [1.807, 2.05) is 24.0 Å². The van der Waals surface area contributed by atoms with Crippen LogP contribution >= 0.6 is 0 Å². The molecule has 0 bridgehead atoms. The van der Waals surface area contributed by atoms with Gasteiger partial charge in [-0.2, -0.15) is 5.10 Å². The van der Waals surface area contributed by atoms with Crippen LogP contribution in [0.4, 0.5) is 10.5 Å². The fraction of sp³-hybridized carbons (Fsp3) is 0.478. The van der Waals surface area contributed by atoms with Gasteiger partial charge in [-0.1, -0.05) is 12.1 Å². The maximum absolute atomic E-state index is 13.0. The first kappa shape index (κ1) is 21.9. The van der Waals surface area contributed by atoms with E-state index in [4.69, 9.17) is 0 Å². The summed E-state index contributed by atoms with van der Waals surface area (Å²) >= 11 is 0. The summed E-state index contributed by atoms with van der Waals surface area (Å²) in [7, 11) is 1.77. The van der Waals surface area contributed by atoms with Crippen LogP contribution in [0.3, 0.4) is 0 Å². The number of hydrogen-bond donors (Lipinski definition) is 2. The summed E-state index contributed by atoms with van der Waals surface area (Å²) < 4.78 is 1.59. The predicted molar refractivity (Wildman–Crippen MR) is 121 cm³/mol. The molecule has 32 heavy (non-hydrogen) atoms. The van der Waals surface area contributed by atoms with Gasteiger partial charge in [-0.15, -0.1) is 0 Å². The number of hydrogen-bond acceptors (Lipinski definition) is 4. The first-order valence-corrected chi connectivity index (χ1v) is 11.2. The third-order valence-electron chi connectivity index (χ3n) is 6.21.